The first kappa shape index (κ1) is 23.7. The van der Waals surface area contributed by atoms with Crippen molar-refractivity contribution in [3.8, 4) is 17.3 Å². The van der Waals surface area contributed by atoms with Crippen LogP contribution in [-0.4, -0.2) is 42.3 Å². The predicted octanol–water partition coefficient (Wildman–Crippen LogP) is 5.85. The van der Waals surface area contributed by atoms with E-state index in [-0.39, 0.29) is 5.56 Å². The van der Waals surface area contributed by atoms with E-state index >= 15 is 0 Å². The number of methoxy groups -OCH3 is 1. The minimum atomic E-state index is -1.02. The number of allylic oxidation sites excluding steroid dienone is 1. The molecule has 182 valence electrons. The fourth-order valence-corrected chi connectivity index (χ4v) is 4.98. The number of hydrogen-bond acceptors (Lipinski definition) is 5. The molecule has 5 rings (SSSR count). The highest BCUT2D eigenvalue weighted by Gasteiger charge is 2.25. The summed E-state index contributed by atoms with van der Waals surface area (Å²) in [4.78, 5) is 26.0. The number of halogens is 1. The van der Waals surface area contributed by atoms with Gasteiger partial charge in [0.25, 0.3) is 0 Å². The lowest BCUT2D eigenvalue weighted by Gasteiger charge is -2.14. The van der Waals surface area contributed by atoms with Gasteiger partial charge in [0, 0.05) is 35.0 Å². The van der Waals surface area contributed by atoms with Gasteiger partial charge in [0.2, 0.25) is 0 Å². The molecule has 0 unspecified atom stereocenters. The summed E-state index contributed by atoms with van der Waals surface area (Å²) in [6.07, 6.45) is 7.95. The molecule has 0 spiro atoms. The second-order valence-electron chi connectivity index (χ2n) is 8.46. The van der Waals surface area contributed by atoms with E-state index in [2.05, 4.69) is 47.7 Å². The van der Waals surface area contributed by atoms with Crippen molar-refractivity contribution in [1.29, 1.82) is 0 Å². The second kappa shape index (κ2) is 9.58. The molecule has 4 aromatic heterocycles. The van der Waals surface area contributed by atoms with Gasteiger partial charge in [-0.25, -0.2) is 14.8 Å². The second-order valence-corrected chi connectivity index (χ2v) is 9.38. The number of carbonyl (C=O) groups is 1. The van der Waals surface area contributed by atoms with E-state index in [0.29, 0.717) is 35.7 Å². The monoisotopic (exact) mass is 545 g/mol. The van der Waals surface area contributed by atoms with Crippen molar-refractivity contribution in [2.45, 2.75) is 26.4 Å². The number of aromatic carboxylic acids is 1. The lowest BCUT2D eigenvalue weighted by Crippen LogP contribution is -2.08. The smallest absolute Gasteiger partial charge is 0.336 e. The molecule has 36 heavy (non-hydrogen) atoms. The maximum atomic E-state index is 12.0. The van der Waals surface area contributed by atoms with Crippen molar-refractivity contribution in [2.75, 3.05) is 7.11 Å². The van der Waals surface area contributed by atoms with E-state index in [4.69, 9.17) is 9.72 Å². The molecule has 1 aromatic carbocycles. The number of ether oxygens (including phenoxy) is 1. The molecule has 5 aromatic rings. The van der Waals surface area contributed by atoms with Crippen LogP contribution in [0.15, 0.2) is 66.1 Å². The topological polar surface area (TPSA) is 95.1 Å². The molecule has 0 saturated heterocycles. The number of nitrogens with zero attached hydrogens (tertiary/aromatic N) is 5. The molecule has 0 aliphatic rings. The zero-order valence-electron chi connectivity index (χ0n) is 19.9. The summed E-state index contributed by atoms with van der Waals surface area (Å²) in [5, 5.41) is 10.8. The number of pyridine rings is 2. The molecule has 9 heteroatoms. The lowest BCUT2D eigenvalue weighted by molar-refractivity contribution is 0.0696. The van der Waals surface area contributed by atoms with Crippen LogP contribution in [0.2, 0.25) is 0 Å². The summed E-state index contributed by atoms with van der Waals surface area (Å²) in [6.45, 7) is 6.79. The average molecular weight is 546 g/mol. The number of benzene rings is 1. The molecule has 0 bridgehead atoms. The zero-order chi connectivity index (χ0) is 25.4. The molecule has 0 amide bonds. The molecule has 0 fully saturated rings. The summed E-state index contributed by atoms with van der Waals surface area (Å²) >= 11 is 3.51. The summed E-state index contributed by atoms with van der Waals surface area (Å²) in [6, 6.07) is 9.57. The highest BCUT2D eigenvalue weighted by atomic mass is 79.9. The molecule has 8 nitrogen and oxygen atoms in total. The van der Waals surface area contributed by atoms with Gasteiger partial charge >= 0.3 is 5.97 Å². The zero-order valence-corrected chi connectivity index (χ0v) is 21.5. The van der Waals surface area contributed by atoms with Crippen LogP contribution in [0.3, 0.4) is 0 Å². The molecule has 4 heterocycles. The Morgan fingerprint density at radius 1 is 1.25 bits per heavy atom. The van der Waals surface area contributed by atoms with Gasteiger partial charge in [0.1, 0.15) is 16.9 Å². The SMILES string of the molecule is C=CCCn1c(-c2nc3c(C)c(C(=O)O)cc(OC)c3n2Cc2cncc(Br)c2)cc2cccnc21. The molecule has 0 saturated carbocycles. The summed E-state index contributed by atoms with van der Waals surface area (Å²) in [5.74, 6) is 0.113. The third-order valence-electron chi connectivity index (χ3n) is 6.23. The Morgan fingerprint density at radius 3 is 2.81 bits per heavy atom. The fourth-order valence-electron chi connectivity index (χ4n) is 4.57. The number of aromatic nitrogens is 5. The van der Waals surface area contributed by atoms with Crippen LogP contribution in [0.4, 0.5) is 0 Å². The van der Waals surface area contributed by atoms with Crippen molar-refractivity contribution in [1.82, 2.24) is 24.1 Å². The maximum Gasteiger partial charge on any atom is 0.336 e. The first-order valence-corrected chi connectivity index (χ1v) is 12.2. The normalized spacial score (nSPS) is 11.3. The van der Waals surface area contributed by atoms with Gasteiger partial charge in [-0.1, -0.05) is 6.08 Å². The minimum absolute atomic E-state index is 0.161. The number of hydrogen-bond donors (Lipinski definition) is 1. The summed E-state index contributed by atoms with van der Waals surface area (Å²) in [5.41, 5.74) is 4.74. The van der Waals surface area contributed by atoms with Gasteiger partial charge < -0.3 is 19.0 Å². The Balaban J connectivity index is 1.86. The standard InChI is InChI=1S/C27H24BrN5O3/c1-4-5-9-32-21(11-18-7-6-8-30-25(18)32)26-31-23-16(2)20(27(34)35)12-22(36-3)24(23)33(26)15-17-10-19(28)14-29-13-17/h4,6-8,10-14H,1,5,9,15H2,2-3H3,(H,34,35). The number of fused-ring (bicyclic) bond motifs is 2. The van der Waals surface area contributed by atoms with Crippen molar-refractivity contribution in [2.24, 2.45) is 0 Å². The van der Waals surface area contributed by atoms with Gasteiger partial charge in [-0.3, -0.25) is 4.98 Å². The van der Waals surface area contributed by atoms with Crippen LogP contribution in [0.5, 0.6) is 5.75 Å². The minimum Gasteiger partial charge on any atom is -0.494 e. The summed E-state index contributed by atoms with van der Waals surface area (Å²) < 4.78 is 10.8. The largest absolute Gasteiger partial charge is 0.494 e. The molecular weight excluding hydrogens is 522 g/mol. The van der Waals surface area contributed by atoms with Crippen molar-refractivity contribution >= 4 is 44.0 Å². The fraction of sp³-hybridized carbons (Fsp3) is 0.185. The van der Waals surface area contributed by atoms with Gasteiger partial charge in [0.15, 0.2) is 5.82 Å². The van der Waals surface area contributed by atoms with E-state index in [1.807, 2.05) is 24.3 Å². The lowest BCUT2D eigenvalue weighted by atomic mass is 10.1. The Kier molecular flexibility index (Phi) is 6.32. The number of aryl methyl sites for hydroxylation is 2. The van der Waals surface area contributed by atoms with Crippen LogP contribution < -0.4 is 4.74 Å². The highest BCUT2D eigenvalue weighted by Crippen LogP contribution is 2.37. The predicted molar refractivity (Wildman–Crippen MR) is 143 cm³/mol. The number of rotatable bonds is 8. The van der Waals surface area contributed by atoms with Crippen molar-refractivity contribution in [3.05, 3.63) is 82.7 Å². The van der Waals surface area contributed by atoms with E-state index in [0.717, 1.165) is 38.7 Å². The highest BCUT2D eigenvalue weighted by molar-refractivity contribution is 9.10. The third kappa shape index (κ3) is 4.05. The number of imidazole rings is 1. The molecule has 0 aliphatic heterocycles. The van der Waals surface area contributed by atoms with Crippen LogP contribution >= 0.6 is 15.9 Å². The molecule has 1 N–H and O–H groups in total. The van der Waals surface area contributed by atoms with Gasteiger partial charge in [-0.2, -0.15) is 0 Å². The first-order valence-electron chi connectivity index (χ1n) is 11.4. The molecule has 0 atom stereocenters. The van der Waals surface area contributed by atoms with E-state index in [1.165, 1.54) is 0 Å². The van der Waals surface area contributed by atoms with Gasteiger partial charge in [0.05, 0.1) is 30.4 Å². The van der Waals surface area contributed by atoms with Crippen LogP contribution in [0, 0.1) is 6.92 Å². The third-order valence-corrected chi connectivity index (χ3v) is 6.66. The van der Waals surface area contributed by atoms with Crippen LogP contribution in [-0.2, 0) is 13.1 Å². The van der Waals surface area contributed by atoms with Gasteiger partial charge in [-0.15, -0.1) is 6.58 Å². The van der Waals surface area contributed by atoms with Crippen LogP contribution in [0.1, 0.15) is 27.9 Å². The van der Waals surface area contributed by atoms with E-state index in [9.17, 15) is 9.90 Å². The average Bonchev–Trinajstić information content (AvgIpc) is 3.42. The summed E-state index contributed by atoms with van der Waals surface area (Å²) in [7, 11) is 1.54. The maximum absolute atomic E-state index is 12.0. The Hall–Kier alpha value is -3.98. The quantitative estimate of drug-likeness (QED) is 0.246. The van der Waals surface area contributed by atoms with Crippen molar-refractivity contribution < 1.29 is 14.6 Å². The Labute approximate surface area is 216 Å². The Bertz CT molecular complexity index is 1640. The van der Waals surface area contributed by atoms with Crippen LogP contribution in [0.25, 0.3) is 33.6 Å². The molecular formula is C27H24BrN5O3. The van der Waals surface area contributed by atoms with Crippen molar-refractivity contribution in [3.63, 3.8) is 0 Å². The van der Waals surface area contributed by atoms with E-state index < -0.39 is 5.97 Å². The number of carboxylic acids is 1. The Morgan fingerprint density at radius 2 is 2.08 bits per heavy atom. The van der Waals surface area contributed by atoms with E-state index in [1.54, 1.807) is 38.7 Å². The number of carboxylic acid groups (broad SMARTS) is 1. The molecule has 0 aliphatic carbocycles. The van der Waals surface area contributed by atoms with Gasteiger partial charge in [-0.05, 0) is 70.7 Å². The first-order chi connectivity index (χ1) is 17.4. The molecule has 0 radical (unpaired) electrons.